The number of imidazole rings is 1. The Morgan fingerprint density at radius 1 is 1.44 bits per heavy atom. The van der Waals surface area contributed by atoms with Crippen LogP contribution in [-0.2, 0) is 6.54 Å². The van der Waals surface area contributed by atoms with Crippen LogP contribution in [0, 0.1) is 21.9 Å². The molecular weight excluding hydrogens is 247 g/mol. The second-order valence-corrected chi connectivity index (χ2v) is 6.05. The molecule has 1 heterocycles. The largest absolute Gasteiger partial charge is 0.328 e. The zero-order chi connectivity index (χ0) is 12.9. The molecule has 1 N–H and O–H groups in total. The molecule has 4 heteroatoms. The Balaban J connectivity index is 2.10. The number of benzene rings is 1. The lowest BCUT2D eigenvalue weighted by atomic mass is 9.92. The number of aromatic amines is 1. The number of fused-ring (bicyclic) bond motifs is 1. The predicted octanol–water partition coefficient (Wildman–Crippen LogP) is 4.27. The van der Waals surface area contributed by atoms with Crippen molar-refractivity contribution >= 4 is 23.3 Å². The molecule has 1 aliphatic carbocycles. The minimum atomic E-state index is -0.230. The summed E-state index contributed by atoms with van der Waals surface area (Å²) in [6.45, 7) is 5.41. The summed E-state index contributed by atoms with van der Waals surface area (Å²) in [6.07, 6.45) is 2.49. The van der Waals surface area contributed by atoms with E-state index in [0.29, 0.717) is 21.6 Å². The van der Waals surface area contributed by atoms with E-state index < -0.39 is 0 Å². The molecule has 1 aromatic heterocycles. The van der Waals surface area contributed by atoms with Gasteiger partial charge >= 0.3 is 0 Å². The van der Waals surface area contributed by atoms with Gasteiger partial charge < -0.3 is 9.55 Å². The molecule has 0 amide bonds. The van der Waals surface area contributed by atoms with Gasteiger partial charge in [-0.15, -0.1) is 0 Å². The molecule has 2 aromatic rings. The minimum Gasteiger partial charge on any atom is -0.328 e. The minimum absolute atomic E-state index is 0.230. The van der Waals surface area contributed by atoms with Gasteiger partial charge in [-0.3, -0.25) is 0 Å². The third-order valence-electron chi connectivity index (χ3n) is 4.35. The van der Waals surface area contributed by atoms with Crippen molar-refractivity contribution in [3.8, 4) is 0 Å². The van der Waals surface area contributed by atoms with Gasteiger partial charge in [0.15, 0.2) is 4.77 Å². The van der Waals surface area contributed by atoms with Crippen LogP contribution < -0.4 is 0 Å². The van der Waals surface area contributed by atoms with Crippen LogP contribution in [0.25, 0.3) is 11.0 Å². The number of rotatable bonds is 3. The maximum atomic E-state index is 13.7. The van der Waals surface area contributed by atoms with Gasteiger partial charge in [0, 0.05) is 6.54 Å². The number of para-hydroxylation sites is 1. The zero-order valence-electron chi connectivity index (χ0n) is 10.7. The normalized spacial score (nSPS) is 17.6. The highest BCUT2D eigenvalue weighted by Gasteiger charge is 2.45. The Kier molecular flexibility index (Phi) is 2.59. The Morgan fingerprint density at radius 2 is 2.17 bits per heavy atom. The van der Waals surface area contributed by atoms with Crippen molar-refractivity contribution in [3.05, 3.63) is 28.8 Å². The fourth-order valence-corrected chi connectivity index (χ4v) is 2.96. The summed E-state index contributed by atoms with van der Waals surface area (Å²) < 4.78 is 16.4. The highest BCUT2D eigenvalue weighted by atomic mass is 32.1. The number of hydrogen-bond acceptors (Lipinski definition) is 1. The van der Waals surface area contributed by atoms with Gasteiger partial charge in [-0.2, -0.15) is 0 Å². The van der Waals surface area contributed by atoms with E-state index in [1.807, 2.05) is 6.07 Å². The molecular formula is C14H17FN2S. The number of nitrogens with zero attached hydrogens (tertiary/aromatic N) is 1. The molecule has 2 nitrogen and oxygen atoms in total. The van der Waals surface area contributed by atoms with Crippen molar-refractivity contribution in [2.24, 2.45) is 11.3 Å². The maximum absolute atomic E-state index is 13.7. The zero-order valence-corrected chi connectivity index (χ0v) is 11.5. The lowest BCUT2D eigenvalue weighted by Crippen LogP contribution is -2.17. The molecule has 18 heavy (non-hydrogen) atoms. The summed E-state index contributed by atoms with van der Waals surface area (Å²) >= 11 is 5.34. The summed E-state index contributed by atoms with van der Waals surface area (Å²) in [5.74, 6) is 0.407. The molecule has 0 radical (unpaired) electrons. The van der Waals surface area contributed by atoms with Crippen LogP contribution >= 0.6 is 12.2 Å². The molecule has 0 spiro atoms. The molecule has 1 aliphatic rings. The summed E-state index contributed by atoms with van der Waals surface area (Å²) in [5, 5.41) is 0. The van der Waals surface area contributed by atoms with Crippen LogP contribution in [-0.4, -0.2) is 9.55 Å². The Labute approximate surface area is 111 Å². The van der Waals surface area contributed by atoms with E-state index in [1.54, 1.807) is 6.07 Å². The van der Waals surface area contributed by atoms with Crippen LogP contribution in [0.1, 0.15) is 26.7 Å². The summed E-state index contributed by atoms with van der Waals surface area (Å²) in [7, 11) is 0. The van der Waals surface area contributed by atoms with Crippen LogP contribution in [0.15, 0.2) is 18.2 Å². The Morgan fingerprint density at radius 3 is 2.78 bits per heavy atom. The third kappa shape index (κ3) is 1.70. The van der Waals surface area contributed by atoms with Crippen molar-refractivity contribution < 1.29 is 4.39 Å². The molecule has 1 aromatic carbocycles. The van der Waals surface area contributed by atoms with E-state index in [9.17, 15) is 4.39 Å². The Bertz CT molecular complexity index is 649. The van der Waals surface area contributed by atoms with Crippen molar-refractivity contribution in [3.63, 3.8) is 0 Å². The molecule has 0 atom stereocenters. The van der Waals surface area contributed by atoms with E-state index in [1.165, 1.54) is 18.9 Å². The smallest absolute Gasteiger partial charge is 0.178 e. The number of aromatic nitrogens is 2. The first kappa shape index (κ1) is 11.9. The second kappa shape index (κ2) is 3.92. The van der Waals surface area contributed by atoms with Crippen molar-refractivity contribution in [1.82, 2.24) is 9.55 Å². The molecule has 96 valence electrons. The molecule has 0 aliphatic heterocycles. The monoisotopic (exact) mass is 264 g/mol. The van der Waals surface area contributed by atoms with Crippen LogP contribution in [0.4, 0.5) is 4.39 Å². The number of H-pyrrole nitrogens is 1. The average Bonchev–Trinajstić information content (AvgIpc) is 3.03. The van der Waals surface area contributed by atoms with Gasteiger partial charge in [0.05, 0.1) is 5.52 Å². The first-order valence-electron chi connectivity index (χ1n) is 6.40. The number of halogens is 1. The SMILES string of the molecule is CC(C)C1(Cn2c(=S)[nH]c3c(F)cccc32)CC1. The average molecular weight is 264 g/mol. The molecule has 0 saturated heterocycles. The fourth-order valence-electron chi connectivity index (χ4n) is 2.70. The van der Waals surface area contributed by atoms with Gasteiger partial charge in [0.1, 0.15) is 11.3 Å². The Hall–Kier alpha value is -1.16. The predicted molar refractivity (Wildman–Crippen MR) is 73.6 cm³/mol. The summed E-state index contributed by atoms with van der Waals surface area (Å²) in [4.78, 5) is 2.99. The van der Waals surface area contributed by atoms with Crippen LogP contribution in [0.3, 0.4) is 0 Å². The van der Waals surface area contributed by atoms with Gasteiger partial charge in [-0.25, -0.2) is 4.39 Å². The van der Waals surface area contributed by atoms with E-state index in [0.717, 1.165) is 12.1 Å². The van der Waals surface area contributed by atoms with Crippen LogP contribution in [0.5, 0.6) is 0 Å². The van der Waals surface area contributed by atoms with Gasteiger partial charge in [-0.1, -0.05) is 19.9 Å². The molecule has 3 rings (SSSR count). The fraction of sp³-hybridized carbons (Fsp3) is 0.500. The lowest BCUT2D eigenvalue weighted by Gasteiger charge is -2.20. The third-order valence-corrected chi connectivity index (χ3v) is 4.67. The molecule has 0 bridgehead atoms. The first-order chi connectivity index (χ1) is 8.53. The first-order valence-corrected chi connectivity index (χ1v) is 6.81. The molecule has 1 fully saturated rings. The summed E-state index contributed by atoms with van der Waals surface area (Å²) in [6, 6.07) is 5.14. The summed E-state index contributed by atoms with van der Waals surface area (Å²) in [5.41, 5.74) is 1.77. The van der Waals surface area contributed by atoms with Gasteiger partial charge in [0.25, 0.3) is 0 Å². The topological polar surface area (TPSA) is 20.7 Å². The van der Waals surface area contributed by atoms with Crippen molar-refractivity contribution in [2.75, 3.05) is 0 Å². The number of hydrogen-bond donors (Lipinski definition) is 1. The van der Waals surface area contributed by atoms with E-state index in [2.05, 4.69) is 23.4 Å². The highest BCUT2D eigenvalue weighted by Crippen LogP contribution is 2.53. The van der Waals surface area contributed by atoms with E-state index >= 15 is 0 Å². The van der Waals surface area contributed by atoms with E-state index in [-0.39, 0.29) is 5.82 Å². The second-order valence-electron chi connectivity index (χ2n) is 5.67. The van der Waals surface area contributed by atoms with E-state index in [4.69, 9.17) is 12.2 Å². The van der Waals surface area contributed by atoms with Gasteiger partial charge in [-0.05, 0) is 48.5 Å². The number of nitrogens with one attached hydrogen (secondary N) is 1. The quantitative estimate of drug-likeness (QED) is 0.821. The molecule has 1 saturated carbocycles. The lowest BCUT2D eigenvalue weighted by molar-refractivity contribution is 0.311. The van der Waals surface area contributed by atoms with Crippen molar-refractivity contribution in [1.29, 1.82) is 0 Å². The van der Waals surface area contributed by atoms with Crippen LogP contribution in [0.2, 0.25) is 0 Å². The highest BCUT2D eigenvalue weighted by molar-refractivity contribution is 7.71. The maximum Gasteiger partial charge on any atom is 0.178 e. The van der Waals surface area contributed by atoms with Crippen molar-refractivity contribution in [2.45, 2.75) is 33.2 Å². The molecule has 0 unspecified atom stereocenters. The standard InChI is InChI=1S/C14H17FN2S/c1-9(2)14(6-7-14)8-17-11-5-3-4-10(15)12(11)16-13(17)18/h3-5,9H,6-8H2,1-2H3,(H,16,18). The van der Waals surface area contributed by atoms with Gasteiger partial charge in [0.2, 0.25) is 0 Å².